The van der Waals surface area contributed by atoms with Crippen LogP contribution in [0.15, 0.2) is 21.5 Å². The van der Waals surface area contributed by atoms with Crippen LogP contribution in [0.2, 0.25) is 0 Å². The normalized spacial score (nSPS) is 12.9. The van der Waals surface area contributed by atoms with Crippen LogP contribution in [0.3, 0.4) is 0 Å². The van der Waals surface area contributed by atoms with E-state index >= 15 is 0 Å². The topological polar surface area (TPSA) is 60.2 Å². The summed E-state index contributed by atoms with van der Waals surface area (Å²) in [6.07, 6.45) is -5.03. The molecular formula is C7H4BrF4NO2S. The van der Waals surface area contributed by atoms with Gasteiger partial charge in [0, 0.05) is 0 Å². The van der Waals surface area contributed by atoms with Crippen molar-refractivity contribution in [2.24, 2.45) is 5.14 Å². The molecule has 90 valence electrons. The fourth-order valence-electron chi connectivity index (χ4n) is 1.03. The van der Waals surface area contributed by atoms with Gasteiger partial charge in [-0.25, -0.2) is 17.9 Å². The van der Waals surface area contributed by atoms with Crippen molar-refractivity contribution in [3.63, 3.8) is 0 Å². The Kier molecular flexibility index (Phi) is 3.32. The Morgan fingerprint density at radius 2 is 1.75 bits per heavy atom. The lowest BCUT2D eigenvalue weighted by molar-refractivity contribution is -0.140. The molecule has 2 N–H and O–H groups in total. The summed E-state index contributed by atoms with van der Waals surface area (Å²) in [6, 6.07) is 1.05. The summed E-state index contributed by atoms with van der Waals surface area (Å²) in [4.78, 5) is -1.17. The largest absolute Gasteiger partial charge is 0.418 e. The molecule has 0 unspecified atom stereocenters. The lowest BCUT2D eigenvalue weighted by Gasteiger charge is -2.13. The highest BCUT2D eigenvalue weighted by Crippen LogP contribution is 2.39. The van der Waals surface area contributed by atoms with Gasteiger partial charge < -0.3 is 0 Å². The zero-order chi connectivity index (χ0) is 12.7. The van der Waals surface area contributed by atoms with Crippen molar-refractivity contribution in [3.05, 3.63) is 28.0 Å². The molecule has 1 rings (SSSR count). The fraction of sp³-hybridized carbons (Fsp3) is 0.143. The Balaban J connectivity index is 3.73. The SMILES string of the molecule is NS(=O)(=O)c1ccc(F)c(Br)c1C(F)(F)F. The summed E-state index contributed by atoms with van der Waals surface area (Å²) in [5, 5.41) is 4.60. The van der Waals surface area contributed by atoms with Crippen LogP contribution >= 0.6 is 15.9 Å². The molecular weight excluding hydrogens is 318 g/mol. The molecule has 9 heteroatoms. The standard InChI is InChI=1S/C7H4BrF4NO2S/c8-6-3(9)1-2-4(16(13,14)15)5(6)7(10,11)12/h1-2H,(H2,13,14,15). The lowest BCUT2D eigenvalue weighted by Crippen LogP contribution is -2.20. The van der Waals surface area contributed by atoms with Gasteiger partial charge in [0.25, 0.3) is 0 Å². The summed E-state index contributed by atoms with van der Waals surface area (Å²) >= 11 is 2.34. The van der Waals surface area contributed by atoms with E-state index in [1.807, 2.05) is 0 Å². The summed E-state index contributed by atoms with van der Waals surface area (Å²) in [6.45, 7) is 0. The van der Waals surface area contributed by atoms with Gasteiger partial charge in [0.2, 0.25) is 10.0 Å². The predicted octanol–water partition coefficient (Wildman–Crippen LogP) is 2.25. The molecule has 3 nitrogen and oxygen atoms in total. The second-order valence-electron chi connectivity index (χ2n) is 2.78. The van der Waals surface area contributed by atoms with E-state index in [-0.39, 0.29) is 0 Å². The van der Waals surface area contributed by atoms with E-state index in [4.69, 9.17) is 0 Å². The van der Waals surface area contributed by atoms with Crippen LogP contribution in [0.25, 0.3) is 0 Å². The number of hydrogen-bond donors (Lipinski definition) is 1. The Hall–Kier alpha value is -0.670. The maximum absolute atomic E-state index is 12.9. The number of halogens is 5. The number of nitrogens with two attached hydrogens (primary N) is 1. The number of alkyl halides is 3. The molecule has 0 saturated heterocycles. The minimum atomic E-state index is -5.03. The minimum absolute atomic E-state index is 0.470. The second-order valence-corrected chi connectivity index (χ2v) is 5.10. The first kappa shape index (κ1) is 13.4. The van der Waals surface area contributed by atoms with E-state index in [2.05, 4.69) is 21.1 Å². The molecule has 0 aliphatic rings. The maximum Gasteiger partial charge on any atom is 0.418 e. The van der Waals surface area contributed by atoms with Crippen LogP contribution in [-0.4, -0.2) is 8.42 Å². The molecule has 0 saturated carbocycles. The van der Waals surface area contributed by atoms with Crippen LogP contribution in [0.4, 0.5) is 17.6 Å². The van der Waals surface area contributed by atoms with E-state index < -0.39 is 36.9 Å². The average Bonchev–Trinajstić information content (AvgIpc) is 2.05. The van der Waals surface area contributed by atoms with Gasteiger partial charge in [-0.3, -0.25) is 0 Å². The highest BCUT2D eigenvalue weighted by atomic mass is 79.9. The molecule has 0 aromatic heterocycles. The van der Waals surface area contributed by atoms with Gasteiger partial charge in [-0.05, 0) is 28.1 Å². The monoisotopic (exact) mass is 321 g/mol. The third-order valence-corrected chi connectivity index (χ3v) is 3.38. The molecule has 1 aromatic rings. The fourth-order valence-corrected chi connectivity index (χ4v) is 2.50. The van der Waals surface area contributed by atoms with E-state index in [0.29, 0.717) is 12.1 Å². The smallest absolute Gasteiger partial charge is 0.225 e. The van der Waals surface area contributed by atoms with Gasteiger partial charge in [-0.1, -0.05) is 0 Å². The molecule has 1 aromatic carbocycles. The quantitative estimate of drug-likeness (QED) is 0.806. The summed E-state index contributed by atoms with van der Waals surface area (Å²) in [7, 11) is -4.57. The summed E-state index contributed by atoms with van der Waals surface area (Å²) in [5.74, 6) is -1.22. The Morgan fingerprint density at radius 1 is 1.25 bits per heavy atom. The second kappa shape index (κ2) is 3.97. The number of sulfonamides is 1. The minimum Gasteiger partial charge on any atom is -0.225 e. The third kappa shape index (κ3) is 2.53. The van der Waals surface area contributed by atoms with E-state index in [0.717, 1.165) is 0 Å². The van der Waals surface area contributed by atoms with Gasteiger partial charge >= 0.3 is 6.18 Å². The number of rotatable bonds is 1. The summed E-state index contributed by atoms with van der Waals surface area (Å²) < 4.78 is 71.2. The Morgan fingerprint density at radius 3 is 2.12 bits per heavy atom. The van der Waals surface area contributed by atoms with Crippen LogP contribution in [-0.2, 0) is 16.2 Å². The Labute approximate surface area is 96.4 Å². The molecule has 0 bridgehead atoms. The first-order chi connectivity index (χ1) is 7.05. The highest BCUT2D eigenvalue weighted by molar-refractivity contribution is 9.10. The molecule has 0 aliphatic carbocycles. The molecule has 0 spiro atoms. The van der Waals surface area contributed by atoms with Crippen molar-refractivity contribution in [1.82, 2.24) is 0 Å². The van der Waals surface area contributed by atoms with Crippen molar-refractivity contribution < 1.29 is 26.0 Å². The van der Waals surface area contributed by atoms with Gasteiger partial charge in [0.15, 0.2) is 0 Å². The molecule has 0 amide bonds. The molecule has 0 atom stereocenters. The lowest BCUT2D eigenvalue weighted by atomic mass is 10.2. The highest BCUT2D eigenvalue weighted by Gasteiger charge is 2.39. The zero-order valence-corrected chi connectivity index (χ0v) is 9.75. The van der Waals surface area contributed by atoms with Crippen molar-refractivity contribution in [2.45, 2.75) is 11.1 Å². The van der Waals surface area contributed by atoms with Crippen LogP contribution in [0.1, 0.15) is 5.56 Å². The van der Waals surface area contributed by atoms with Crippen molar-refractivity contribution >= 4 is 26.0 Å². The first-order valence-electron chi connectivity index (χ1n) is 3.63. The van der Waals surface area contributed by atoms with Crippen molar-refractivity contribution in [1.29, 1.82) is 0 Å². The number of benzene rings is 1. The van der Waals surface area contributed by atoms with Crippen LogP contribution in [0, 0.1) is 5.82 Å². The maximum atomic E-state index is 12.9. The van der Waals surface area contributed by atoms with Crippen molar-refractivity contribution in [3.8, 4) is 0 Å². The van der Waals surface area contributed by atoms with E-state index in [1.165, 1.54) is 0 Å². The molecule has 0 radical (unpaired) electrons. The first-order valence-corrected chi connectivity index (χ1v) is 5.97. The van der Waals surface area contributed by atoms with Gasteiger partial charge in [-0.15, -0.1) is 0 Å². The van der Waals surface area contributed by atoms with Gasteiger partial charge in [0.1, 0.15) is 5.82 Å². The molecule has 0 fully saturated rings. The predicted molar refractivity (Wildman–Crippen MR) is 50.5 cm³/mol. The van der Waals surface area contributed by atoms with Gasteiger partial charge in [0.05, 0.1) is 14.9 Å². The van der Waals surface area contributed by atoms with Crippen LogP contribution in [0.5, 0.6) is 0 Å². The third-order valence-electron chi connectivity index (χ3n) is 1.65. The van der Waals surface area contributed by atoms with Crippen molar-refractivity contribution in [2.75, 3.05) is 0 Å². The molecule has 0 heterocycles. The van der Waals surface area contributed by atoms with Crippen LogP contribution < -0.4 is 5.14 Å². The van der Waals surface area contributed by atoms with E-state index in [1.54, 1.807) is 0 Å². The zero-order valence-electron chi connectivity index (χ0n) is 7.35. The molecule has 0 aliphatic heterocycles. The number of hydrogen-bond acceptors (Lipinski definition) is 2. The number of primary sulfonamides is 1. The Bertz CT molecular complexity index is 526. The average molecular weight is 322 g/mol. The summed E-state index contributed by atoms with van der Waals surface area (Å²) in [5.41, 5.74) is -1.64. The molecule has 16 heavy (non-hydrogen) atoms. The van der Waals surface area contributed by atoms with E-state index in [9.17, 15) is 26.0 Å². The van der Waals surface area contributed by atoms with Gasteiger partial charge in [-0.2, -0.15) is 13.2 Å².